The first-order valence-corrected chi connectivity index (χ1v) is 10.2. The molecule has 1 aromatic carbocycles. The first-order valence-electron chi connectivity index (χ1n) is 10.2. The SMILES string of the molecule is CCCCCCCCc1ccc(CC2CCCCC2(N)CO)cc1. The van der Waals surface area contributed by atoms with Gasteiger partial charge in [0.2, 0.25) is 0 Å². The highest BCUT2D eigenvalue weighted by Gasteiger charge is 2.36. The minimum absolute atomic E-state index is 0.119. The van der Waals surface area contributed by atoms with E-state index >= 15 is 0 Å². The molecule has 2 rings (SSSR count). The van der Waals surface area contributed by atoms with E-state index in [9.17, 15) is 5.11 Å². The van der Waals surface area contributed by atoms with Crippen molar-refractivity contribution in [3.05, 3.63) is 35.4 Å². The Kier molecular flexibility index (Phi) is 8.28. The van der Waals surface area contributed by atoms with Crippen LogP contribution in [0.4, 0.5) is 0 Å². The molecule has 0 spiro atoms. The Morgan fingerprint density at radius 3 is 2.38 bits per heavy atom. The minimum Gasteiger partial charge on any atom is -0.394 e. The maximum atomic E-state index is 9.69. The maximum Gasteiger partial charge on any atom is 0.0614 e. The summed E-state index contributed by atoms with van der Waals surface area (Å²) in [5.74, 6) is 0.417. The number of aliphatic hydroxyl groups excluding tert-OH is 1. The number of benzene rings is 1. The molecular formula is C22H37NO. The first-order chi connectivity index (χ1) is 11.7. The van der Waals surface area contributed by atoms with Crippen molar-refractivity contribution in [3.63, 3.8) is 0 Å². The van der Waals surface area contributed by atoms with Gasteiger partial charge < -0.3 is 10.8 Å². The van der Waals surface area contributed by atoms with E-state index in [1.54, 1.807) is 0 Å². The van der Waals surface area contributed by atoms with Gasteiger partial charge in [-0.25, -0.2) is 0 Å². The van der Waals surface area contributed by atoms with E-state index in [1.807, 2.05) is 0 Å². The van der Waals surface area contributed by atoms with Crippen molar-refractivity contribution in [2.75, 3.05) is 6.61 Å². The van der Waals surface area contributed by atoms with Crippen LogP contribution in [0, 0.1) is 5.92 Å². The highest BCUT2D eigenvalue weighted by molar-refractivity contribution is 5.23. The summed E-state index contributed by atoms with van der Waals surface area (Å²) in [6, 6.07) is 9.14. The molecule has 136 valence electrons. The molecule has 1 aliphatic rings. The Morgan fingerprint density at radius 1 is 1.00 bits per heavy atom. The van der Waals surface area contributed by atoms with Crippen molar-refractivity contribution in [3.8, 4) is 0 Å². The predicted octanol–water partition coefficient (Wildman–Crippen LogP) is 5.01. The minimum atomic E-state index is -0.366. The predicted molar refractivity (Wildman–Crippen MR) is 103 cm³/mol. The molecule has 0 radical (unpaired) electrons. The van der Waals surface area contributed by atoms with Gasteiger partial charge in [-0.15, -0.1) is 0 Å². The van der Waals surface area contributed by atoms with Crippen LogP contribution >= 0.6 is 0 Å². The molecule has 1 saturated carbocycles. The smallest absolute Gasteiger partial charge is 0.0614 e. The zero-order chi connectivity index (χ0) is 17.3. The van der Waals surface area contributed by atoms with E-state index in [0.717, 1.165) is 25.7 Å². The summed E-state index contributed by atoms with van der Waals surface area (Å²) in [4.78, 5) is 0. The van der Waals surface area contributed by atoms with Crippen LogP contribution < -0.4 is 5.73 Å². The summed E-state index contributed by atoms with van der Waals surface area (Å²) in [6.07, 6.45) is 14.9. The lowest BCUT2D eigenvalue weighted by Crippen LogP contribution is -2.53. The molecule has 2 nitrogen and oxygen atoms in total. The van der Waals surface area contributed by atoms with Gasteiger partial charge in [0.1, 0.15) is 0 Å². The monoisotopic (exact) mass is 331 g/mol. The third kappa shape index (κ3) is 5.89. The lowest BCUT2D eigenvalue weighted by Gasteiger charge is -2.40. The van der Waals surface area contributed by atoms with Gasteiger partial charge in [-0.3, -0.25) is 0 Å². The van der Waals surface area contributed by atoms with Crippen molar-refractivity contribution < 1.29 is 5.11 Å². The number of rotatable bonds is 10. The number of aryl methyl sites for hydroxylation is 1. The van der Waals surface area contributed by atoms with E-state index in [4.69, 9.17) is 5.73 Å². The standard InChI is InChI=1S/C22H37NO/c1-2-3-4-5-6-7-10-19-12-14-20(15-13-19)17-21-11-8-9-16-22(21,23)18-24/h12-15,21,24H,2-11,16-18,23H2,1H3. The Balaban J connectivity index is 1.77. The maximum absolute atomic E-state index is 9.69. The molecule has 2 heteroatoms. The molecular weight excluding hydrogens is 294 g/mol. The van der Waals surface area contributed by atoms with Crippen LogP contribution in [0.5, 0.6) is 0 Å². The summed E-state index contributed by atoms with van der Waals surface area (Å²) in [6.45, 7) is 2.39. The molecule has 3 N–H and O–H groups in total. The van der Waals surface area contributed by atoms with Gasteiger partial charge in [0, 0.05) is 5.54 Å². The van der Waals surface area contributed by atoms with Gasteiger partial charge >= 0.3 is 0 Å². The van der Waals surface area contributed by atoms with Crippen LogP contribution in [0.25, 0.3) is 0 Å². The second kappa shape index (κ2) is 10.2. The Morgan fingerprint density at radius 2 is 1.67 bits per heavy atom. The number of hydrogen-bond donors (Lipinski definition) is 2. The first kappa shape index (κ1) is 19.5. The Labute approximate surface area is 148 Å². The molecule has 1 aliphatic carbocycles. The largest absolute Gasteiger partial charge is 0.394 e. The van der Waals surface area contributed by atoms with E-state index in [1.165, 1.54) is 62.5 Å². The van der Waals surface area contributed by atoms with Crippen LogP contribution in [-0.2, 0) is 12.8 Å². The van der Waals surface area contributed by atoms with Crippen molar-refractivity contribution in [2.45, 2.75) is 89.5 Å². The summed E-state index contributed by atoms with van der Waals surface area (Å²) < 4.78 is 0. The van der Waals surface area contributed by atoms with Crippen LogP contribution in [0.2, 0.25) is 0 Å². The summed E-state index contributed by atoms with van der Waals surface area (Å²) in [5, 5.41) is 9.69. The molecule has 0 heterocycles. The molecule has 1 fully saturated rings. The fourth-order valence-corrected chi connectivity index (χ4v) is 4.09. The molecule has 24 heavy (non-hydrogen) atoms. The van der Waals surface area contributed by atoms with E-state index in [2.05, 4.69) is 31.2 Å². The quantitative estimate of drug-likeness (QED) is 0.592. The molecule has 2 unspecified atom stereocenters. The third-order valence-electron chi connectivity index (χ3n) is 5.88. The van der Waals surface area contributed by atoms with Gasteiger partial charge in [-0.2, -0.15) is 0 Å². The second-order valence-electron chi connectivity index (χ2n) is 7.87. The van der Waals surface area contributed by atoms with E-state index in [0.29, 0.717) is 5.92 Å². The lowest BCUT2D eigenvalue weighted by atomic mass is 9.71. The molecule has 0 amide bonds. The Bertz CT molecular complexity index is 456. The second-order valence-corrected chi connectivity index (χ2v) is 7.87. The highest BCUT2D eigenvalue weighted by Crippen LogP contribution is 2.34. The molecule has 0 saturated heterocycles. The Hall–Kier alpha value is -0.860. The van der Waals surface area contributed by atoms with Gasteiger partial charge in [0.25, 0.3) is 0 Å². The van der Waals surface area contributed by atoms with Crippen molar-refractivity contribution in [1.29, 1.82) is 0 Å². The van der Waals surface area contributed by atoms with Gasteiger partial charge in [-0.05, 0) is 49.1 Å². The zero-order valence-electron chi connectivity index (χ0n) is 15.6. The van der Waals surface area contributed by atoms with Crippen molar-refractivity contribution >= 4 is 0 Å². The van der Waals surface area contributed by atoms with Crippen molar-refractivity contribution in [2.24, 2.45) is 11.7 Å². The van der Waals surface area contributed by atoms with Gasteiger partial charge in [0.05, 0.1) is 6.61 Å². The number of nitrogens with two attached hydrogens (primary N) is 1. The van der Waals surface area contributed by atoms with E-state index < -0.39 is 0 Å². The zero-order valence-corrected chi connectivity index (χ0v) is 15.6. The van der Waals surface area contributed by atoms with Crippen molar-refractivity contribution in [1.82, 2.24) is 0 Å². The fraction of sp³-hybridized carbons (Fsp3) is 0.727. The average molecular weight is 332 g/mol. The number of aliphatic hydroxyl groups is 1. The molecule has 1 aromatic rings. The average Bonchev–Trinajstić information content (AvgIpc) is 2.61. The number of hydrogen-bond acceptors (Lipinski definition) is 2. The normalized spacial score (nSPS) is 24.2. The third-order valence-corrected chi connectivity index (χ3v) is 5.88. The van der Waals surface area contributed by atoms with E-state index in [-0.39, 0.29) is 12.1 Å². The van der Waals surface area contributed by atoms with Crippen LogP contribution in [0.1, 0.15) is 82.3 Å². The highest BCUT2D eigenvalue weighted by atomic mass is 16.3. The molecule has 0 bridgehead atoms. The molecule has 0 aromatic heterocycles. The summed E-state index contributed by atoms with van der Waals surface area (Å²) in [7, 11) is 0. The lowest BCUT2D eigenvalue weighted by molar-refractivity contribution is 0.100. The number of unbranched alkanes of at least 4 members (excludes halogenated alkanes) is 5. The summed E-state index contributed by atoms with van der Waals surface area (Å²) in [5.41, 5.74) is 8.91. The molecule has 0 aliphatic heterocycles. The van der Waals surface area contributed by atoms with Crippen LogP contribution in [0.3, 0.4) is 0 Å². The van der Waals surface area contributed by atoms with Crippen LogP contribution in [-0.4, -0.2) is 17.3 Å². The van der Waals surface area contributed by atoms with Crippen LogP contribution in [0.15, 0.2) is 24.3 Å². The molecule has 2 atom stereocenters. The summed E-state index contributed by atoms with van der Waals surface area (Å²) >= 11 is 0. The van der Waals surface area contributed by atoms with Gasteiger partial charge in [-0.1, -0.05) is 76.1 Å². The topological polar surface area (TPSA) is 46.2 Å². The fourth-order valence-electron chi connectivity index (χ4n) is 4.09. The van der Waals surface area contributed by atoms with Gasteiger partial charge in [0.15, 0.2) is 0 Å².